The lowest BCUT2D eigenvalue weighted by atomic mass is 10.2. The first-order valence-electron chi connectivity index (χ1n) is 10.00. The maximum absolute atomic E-state index is 12.1. The summed E-state index contributed by atoms with van der Waals surface area (Å²) in [6.07, 6.45) is 3.38. The Morgan fingerprint density at radius 1 is 1.15 bits per heavy atom. The van der Waals surface area contributed by atoms with Gasteiger partial charge in [0.2, 0.25) is 11.7 Å². The summed E-state index contributed by atoms with van der Waals surface area (Å²) in [5, 5.41) is 24.7. The van der Waals surface area contributed by atoms with Crippen LogP contribution < -0.4 is 5.43 Å². The highest BCUT2D eigenvalue weighted by Gasteiger charge is 2.12. The summed E-state index contributed by atoms with van der Waals surface area (Å²) >= 11 is 1.24. The predicted molar refractivity (Wildman–Crippen MR) is 126 cm³/mol. The Hall–Kier alpha value is -4.38. The van der Waals surface area contributed by atoms with Crippen molar-refractivity contribution in [2.45, 2.75) is 11.4 Å². The van der Waals surface area contributed by atoms with Crippen molar-refractivity contribution in [1.82, 2.24) is 9.99 Å². The number of furan rings is 1. The van der Waals surface area contributed by atoms with Crippen LogP contribution in [0.3, 0.4) is 0 Å². The van der Waals surface area contributed by atoms with Gasteiger partial charge in [0.15, 0.2) is 0 Å². The molecule has 4 rings (SSSR count). The number of thioether (sulfide) groups is 1. The quantitative estimate of drug-likeness (QED) is 0.159. The second-order valence-electron chi connectivity index (χ2n) is 7.13. The minimum absolute atomic E-state index is 0.00746. The third kappa shape index (κ3) is 5.33. The third-order valence-electron chi connectivity index (χ3n) is 4.83. The molecule has 1 amide bonds. The lowest BCUT2D eigenvalue weighted by molar-refractivity contribution is -0.384. The number of aromatic nitrogens is 1. The molecular formula is C23H18N4O6S. The molecule has 0 atom stereocenters. The number of carbonyl (C=O) groups excluding carboxylic acids is 1. The number of para-hydroxylation sites is 1. The molecule has 0 bridgehead atoms. The van der Waals surface area contributed by atoms with Crippen LogP contribution in [0.4, 0.5) is 5.69 Å². The van der Waals surface area contributed by atoms with E-state index in [2.05, 4.69) is 10.5 Å². The second kappa shape index (κ2) is 10.0. The molecule has 0 aliphatic carbocycles. The number of nitro benzene ring substituents is 1. The van der Waals surface area contributed by atoms with Crippen LogP contribution in [0.5, 0.6) is 0 Å². The first-order valence-corrected chi connectivity index (χ1v) is 11.0. The van der Waals surface area contributed by atoms with E-state index in [-0.39, 0.29) is 23.1 Å². The molecule has 0 aliphatic heterocycles. The molecule has 10 nitrogen and oxygen atoms in total. The van der Waals surface area contributed by atoms with Crippen LogP contribution >= 0.6 is 11.8 Å². The van der Waals surface area contributed by atoms with E-state index >= 15 is 0 Å². The van der Waals surface area contributed by atoms with Crippen molar-refractivity contribution in [3.05, 3.63) is 94.1 Å². The summed E-state index contributed by atoms with van der Waals surface area (Å²) in [5.41, 5.74) is 4.14. The fraction of sp³-hybridized carbons (Fsp3) is 0.0870. The Balaban J connectivity index is 1.40. The van der Waals surface area contributed by atoms with E-state index in [9.17, 15) is 19.7 Å². The molecule has 2 heterocycles. The van der Waals surface area contributed by atoms with Gasteiger partial charge in [-0.15, -0.1) is 11.8 Å². The van der Waals surface area contributed by atoms with Crippen molar-refractivity contribution < 1.29 is 24.0 Å². The molecule has 0 saturated heterocycles. The normalized spacial score (nSPS) is 11.2. The summed E-state index contributed by atoms with van der Waals surface area (Å²) < 4.78 is 7.26. The van der Waals surface area contributed by atoms with E-state index in [0.717, 1.165) is 21.4 Å². The first-order chi connectivity index (χ1) is 16.4. The Morgan fingerprint density at radius 2 is 1.91 bits per heavy atom. The number of carboxylic acid groups (broad SMARTS) is 1. The van der Waals surface area contributed by atoms with Gasteiger partial charge in [-0.3, -0.25) is 14.9 Å². The molecule has 0 radical (unpaired) electrons. The van der Waals surface area contributed by atoms with Gasteiger partial charge in [0.1, 0.15) is 5.76 Å². The molecule has 11 heteroatoms. The number of carboxylic acids is 1. The van der Waals surface area contributed by atoms with Crippen molar-refractivity contribution in [2.24, 2.45) is 5.10 Å². The fourth-order valence-electron chi connectivity index (χ4n) is 3.27. The Morgan fingerprint density at radius 3 is 2.62 bits per heavy atom. The summed E-state index contributed by atoms with van der Waals surface area (Å²) in [6.45, 7) is 0.333. The zero-order chi connectivity index (χ0) is 24.1. The predicted octanol–water partition coefficient (Wildman–Crippen LogP) is 4.13. The minimum Gasteiger partial charge on any atom is -0.475 e. The summed E-state index contributed by atoms with van der Waals surface area (Å²) in [5.74, 6) is -0.971. The Bertz CT molecular complexity index is 1390. The molecule has 0 unspecified atom stereocenters. The largest absolute Gasteiger partial charge is 0.475 e. The summed E-state index contributed by atoms with van der Waals surface area (Å²) in [7, 11) is 0. The van der Waals surface area contributed by atoms with Crippen LogP contribution in [0.15, 0.2) is 81.3 Å². The molecule has 34 heavy (non-hydrogen) atoms. The maximum atomic E-state index is 12.1. The number of carbonyl (C=O) groups is 2. The lowest BCUT2D eigenvalue weighted by Gasteiger charge is -2.02. The number of rotatable bonds is 9. The number of hydrazone groups is 1. The SMILES string of the molecule is O=C(CSc1ccc([N+](=O)[O-])cc1)N/N=C\c1cn(Cc2ccc(C(=O)O)o2)c2ccccc12. The third-order valence-corrected chi connectivity index (χ3v) is 5.84. The molecule has 0 aliphatic rings. The molecule has 172 valence electrons. The van der Waals surface area contributed by atoms with Crippen LogP contribution in [0.1, 0.15) is 21.9 Å². The Labute approximate surface area is 197 Å². The highest BCUT2D eigenvalue weighted by molar-refractivity contribution is 8.00. The molecule has 2 aromatic carbocycles. The molecular weight excluding hydrogens is 460 g/mol. The first kappa shape index (κ1) is 22.8. The van der Waals surface area contributed by atoms with E-state index in [1.54, 1.807) is 18.2 Å². The van der Waals surface area contributed by atoms with Gasteiger partial charge in [0.05, 0.1) is 23.4 Å². The number of aromatic carboxylic acids is 1. The van der Waals surface area contributed by atoms with Gasteiger partial charge in [-0.2, -0.15) is 5.10 Å². The van der Waals surface area contributed by atoms with Crippen molar-refractivity contribution in [2.75, 3.05) is 5.75 Å². The van der Waals surface area contributed by atoms with Crippen LogP contribution in [-0.4, -0.2) is 38.4 Å². The van der Waals surface area contributed by atoms with Gasteiger partial charge in [-0.05, 0) is 30.3 Å². The number of nitrogens with zero attached hydrogens (tertiary/aromatic N) is 3. The molecule has 2 N–H and O–H groups in total. The van der Waals surface area contributed by atoms with Gasteiger partial charge in [0.25, 0.3) is 5.69 Å². The minimum atomic E-state index is -1.13. The number of nitro groups is 1. The van der Waals surface area contributed by atoms with E-state index in [1.165, 1.54) is 36.2 Å². The van der Waals surface area contributed by atoms with E-state index < -0.39 is 10.9 Å². The topological polar surface area (TPSA) is 140 Å². The zero-order valence-electron chi connectivity index (χ0n) is 17.6. The summed E-state index contributed by atoms with van der Waals surface area (Å²) in [6, 6.07) is 16.6. The van der Waals surface area contributed by atoms with Crippen molar-refractivity contribution in [3.63, 3.8) is 0 Å². The summed E-state index contributed by atoms with van der Waals surface area (Å²) in [4.78, 5) is 34.1. The number of hydrogen-bond acceptors (Lipinski definition) is 7. The molecule has 2 aromatic heterocycles. The van der Waals surface area contributed by atoms with Gasteiger partial charge < -0.3 is 14.1 Å². The molecule has 4 aromatic rings. The van der Waals surface area contributed by atoms with Crippen LogP contribution in [-0.2, 0) is 11.3 Å². The van der Waals surface area contributed by atoms with Crippen LogP contribution in [0.25, 0.3) is 10.9 Å². The smallest absolute Gasteiger partial charge is 0.371 e. The van der Waals surface area contributed by atoms with E-state index in [0.29, 0.717) is 12.3 Å². The Kier molecular flexibility index (Phi) is 6.74. The van der Waals surface area contributed by atoms with Crippen molar-refractivity contribution in [1.29, 1.82) is 0 Å². The average Bonchev–Trinajstić information content (AvgIpc) is 3.44. The zero-order valence-corrected chi connectivity index (χ0v) is 18.4. The van der Waals surface area contributed by atoms with E-state index in [4.69, 9.17) is 9.52 Å². The van der Waals surface area contributed by atoms with Crippen molar-refractivity contribution >= 4 is 46.4 Å². The number of nitrogens with one attached hydrogen (secondary N) is 1. The van der Waals surface area contributed by atoms with Crippen LogP contribution in [0, 0.1) is 10.1 Å². The monoisotopic (exact) mass is 478 g/mol. The van der Waals surface area contributed by atoms with Gasteiger partial charge >= 0.3 is 5.97 Å². The highest BCUT2D eigenvalue weighted by atomic mass is 32.2. The average molecular weight is 478 g/mol. The van der Waals surface area contributed by atoms with Gasteiger partial charge in [-0.1, -0.05) is 18.2 Å². The molecule has 0 fully saturated rings. The molecule has 0 spiro atoms. The lowest BCUT2D eigenvalue weighted by Crippen LogP contribution is -2.19. The number of amides is 1. The van der Waals surface area contributed by atoms with Gasteiger partial charge in [0, 0.05) is 39.7 Å². The second-order valence-corrected chi connectivity index (χ2v) is 8.18. The van der Waals surface area contributed by atoms with Crippen molar-refractivity contribution in [3.8, 4) is 0 Å². The molecule has 0 saturated carbocycles. The van der Waals surface area contributed by atoms with Crippen LogP contribution in [0.2, 0.25) is 0 Å². The highest BCUT2D eigenvalue weighted by Crippen LogP contribution is 2.23. The fourth-order valence-corrected chi connectivity index (χ4v) is 3.96. The maximum Gasteiger partial charge on any atom is 0.371 e. The van der Waals surface area contributed by atoms with Gasteiger partial charge in [-0.25, -0.2) is 10.2 Å². The number of benzene rings is 2. The number of fused-ring (bicyclic) bond motifs is 1. The van der Waals surface area contributed by atoms with E-state index in [1.807, 2.05) is 35.0 Å². The number of non-ortho nitro benzene ring substituents is 1. The standard InChI is InChI=1S/C23H18N4O6S/c28-22(14-34-18-8-5-16(6-9-18)27(31)32)25-24-11-15-12-26(20-4-2-1-3-19(15)20)13-17-7-10-21(33-17)23(29)30/h1-12H,13-14H2,(H,25,28)(H,29,30)/b24-11-. The number of hydrogen-bond donors (Lipinski definition) is 2.